The lowest BCUT2D eigenvalue weighted by molar-refractivity contribution is 0.668. The van der Waals surface area contributed by atoms with Crippen LogP contribution >= 0.6 is 0 Å². The van der Waals surface area contributed by atoms with Crippen LogP contribution in [0.1, 0.15) is 72.6 Å². The Morgan fingerprint density at radius 2 is 1.59 bits per heavy atom. The van der Waals surface area contributed by atoms with E-state index in [0.29, 0.717) is 0 Å². The zero-order chi connectivity index (χ0) is 13.1. The van der Waals surface area contributed by atoms with Crippen LogP contribution in [-0.4, -0.2) is 0 Å². The molecule has 0 unspecified atom stereocenters. The molecule has 0 spiro atoms. The highest BCUT2D eigenvalue weighted by atomic mass is 14.0. The molecular formula is C17H30. The Labute approximate surface area is 109 Å². The molecule has 0 bridgehead atoms. The van der Waals surface area contributed by atoms with Crippen molar-refractivity contribution in [3.8, 4) is 0 Å². The van der Waals surface area contributed by atoms with Crippen molar-refractivity contribution in [2.24, 2.45) is 0 Å². The second kappa shape index (κ2) is 10.4. The van der Waals surface area contributed by atoms with E-state index in [0.717, 1.165) is 6.42 Å². The molecule has 0 aromatic rings. The van der Waals surface area contributed by atoms with Crippen LogP contribution in [-0.2, 0) is 0 Å². The van der Waals surface area contributed by atoms with E-state index >= 15 is 0 Å². The minimum Gasteiger partial charge on any atom is -0.103 e. The normalized spacial score (nSPS) is 13.5. The number of unbranched alkanes of at least 4 members (excludes halogenated alkanes) is 2. The van der Waals surface area contributed by atoms with E-state index in [4.69, 9.17) is 0 Å². The molecule has 0 heteroatoms. The highest BCUT2D eigenvalue weighted by molar-refractivity contribution is 5.08. The Hall–Kier alpha value is -0.780. The number of allylic oxidation sites excluding steroid dienone is 5. The standard InChI is InChI=1S/C17H30/c1-6-8-12-15(3)13-10-9-11-14-17(5)16(4)7-2/h6,12H,1,7-11,13-14H2,2-5H3/b15-12+,17-16+. The van der Waals surface area contributed by atoms with Gasteiger partial charge in [-0.2, -0.15) is 0 Å². The highest BCUT2D eigenvalue weighted by Gasteiger charge is 1.96. The molecule has 0 nitrogen and oxygen atoms in total. The topological polar surface area (TPSA) is 0 Å². The van der Waals surface area contributed by atoms with Gasteiger partial charge < -0.3 is 0 Å². The maximum Gasteiger partial charge on any atom is -0.0169 e. The summed E-state index contributed by atoms with van der Waals surface area (Å²) in [4.78, 5) is 0. The van der Waals surface area contributed by atoms with Gasteiger partial charge in [0, 0.05) is 0 Å². The first-order chi connectivity index (χ1) is 8.11. The smallest absolute Gasteiger partial charge is 0.0169 e. The predicted molar refractivity (Wildman–Crippen MR) is 80.3 cm³/mol. The van der Waals surface area contributed by atoms with E-state index in [2.05, 4.69) is 40.3 Å². The number of hydrogen-bond donors (Lipinski definition) is 0. The molecule has 0 aromatic carbocycles. The predicted octanol–water partition coefficient (Wildman–Crippen LogP) is 6.21. The second-order valence-corrected chi connectivity index (χ2v) is 5.05. The summed E-state index contributed by atoms with van der Waals surface area (Å²) in [7, 11) is 0. The molecule has 0 atom stereocenters. The van der Waals surface area contributed by atoms with E-state index < -0.39 is 0 Å². The zero-order valence-electron chi connectivity index (χ0n) is 12.3. The van der Waals surface area contributed by atoms with Crippen molar-refractivity contribution in [2.45, 2.75) is 72.6 Å². The molecule has 0 amide bonds. The van der Waals surface area contributed by atoms with E-state index in [1.165, 1.54) is 44.1 Å². The van der Waals surface area contributed by atoms with E-state index in [1.54, 1.807) is 11.1 Å². The van der Waals surface area contributed by atoms with E-state index in [-0.39, 0.29) is 0 Å². The molecule has 0 aliphatic rings. The Bertz CT molecular complexity index is 266. The van der Waals surface area contributed by atoms with Gasteiger partial charge in [0.1, 0.15) is 0 Å². The first-order valence-electron chi connectivity index (χ1n) is 7.03. The van der Waals surface area contributed by atoms with Crippen LogP contribution < -0.4 is 0 Å². The molecule has 17 heavy (non-hydrogen) atoms. The van der Waals surface area contributed by atoms with Gasteiger partial charge in [-0.3, -0.25) is 0 Å². The highest BCUT2D eigenvalue weighted by Crippen LogP contribution is 2.16. The Morgan fingerprint density at radius 1 is 0.941 bits per heavy atom. The second-order valence-electron chi connectivity index (χ2n) is 5.05. The maximum atomic E-state index is 3.74. The van der Waals surface area contributed by atoms with Gasteiger partial charge in [-0.15, -0.1) is 6.58 Å². The first-order valence-corrected chi connectivity index (χ1v) is 7.03. The van der Waals surface area contributed by atoms with Crippen LogP contribution in [0.4, 0.5) is 0 Å². The minimum absolute atomic E-state index is 1.02. The quantitative estimate of drug-likeness (QED) is 0.329. The van der Waals surface area contributed by atoms with Crippen LogP contribution in [0.3, 0.4) is 0 Å². The van der Waals surface area contributed by atoms with Crippen LogP contribution in [0, 0.1) is 0 Å². The number of hydrogen-bond acceptors (Lipinski definition) is 0. The first kappa shape index (κ1) is 16.2. The summed E-state index contributed by atoms with van der Waals surface area (Å²) in [6.45, 7) is 12.8. The van der Waals surface area contributed by atoms with Crippen molar-refractivity contribution >= 4 is 0 Å². The average Bonchev–Trinajstić information content (AvgIpc) is 2.34. The summed E-state index contributed by atoms with van der Waals surface area (Å²) in [6, 6.07) is 0. The van der Waals surface area contributed by atoms with Crippen molar-refractivity contribution in [3.63, 3.8) is 0 Å². The van der Waals surface area contributed by atoms with Crippen LogP contribution in [0.2, 0.25) is 0 Å². The monoisotopic (exact) mass is 234 g/mol. The summed E-state index contributed by atoms with van der Waals surface area (Å²) in [5, 5.41) is 0. The summed E-state index contributed by atoms with van der Waals surface area (Å²) in [5.74, 6) is 0. The molecule has 0 saturated heterocycles. The van der Waals surface area contributed by atoms with Gasteiger partial charge in [-0.1, -0.05) is 42.2 Å². The fraction of sp³-hybridized carbons (Fsp3) is 0.647. The van der Waals surface area contributed by atoms with Crippen molar-refractivity contribution in [1.29, 1.82) is 0 Å². The van der Waals surface area contributed by atoms with E-state index in [9.17, 15) is 0 Å². The summed E-state index contributed by atoms with van der Waals surface area (Å²) in [6.07, 6.45) is 13.0. The maximum absolute atomic E-state index is 3.74. The minimum atomic E-state index is 1.02. The molecular weight excluding hydrogens is 204 g/mol. The molecule has 0 saturated carbocycles. The lowest BCUT2D eigenvalue weighted by Crippen LogP contribution is -1.86. The van der Waals surface area contributed by atoms with Gasteiger partial charge >= 0.3 is 0 Å². The molecule has 0 aliphatic carbocycles. The van der Waals surface area contributed by atoms with Gasteiger partial charge in [0.15, 0.2) is 0 Å². The van der Waals surface area contributed by atoms with Crippen molar-refractivity contribution < 1.29 is 0 Å². The fourth-order valence-corrected chi connectivity index (χ4v) is 1.87. The molecule has 0 rings (SSSR count). The molecule has 0 N–H and O–H groups in total. The third-order valence-corrected chi connectivity index (χ3v) is 3.51. The van der Waals surface area contributed by atoms with Gasteiger partial charge in [-0.05, 0) is 59.3 Å². The van der Waals surface area contributed by atoms with Crippen molar-refractivity contribution in [2.75, 3.05) is 0 Å². The Balaban J connectivity index is 3.63. The average molecular weight is 234 g/mol. The molecule has 0 radical (unpaired) electrons. The molecule has 98 valence electrons. The van der Waals surface area contributed by atoms with Gasteiger partial charge in [0.25, 0.3) is 0 Å². The van der Waals surface area contributed by atoms with Crippen LogP contribution in [0.15, 0.2) is 35.5 Å². The van der Waals surface area contributed by atoms with Crippen molar-refractivity contribution in [3.05, 3.63) is 35.5 Å². The third-order valence-electron chi connectivity index (χ3n) is 3.51. The lowest BCUT2D eigenvalue weighted by Gasteiger charge is -2.06. The molecule has 0 aromatic heterocycles. The van der Waals surface area contributed by atoms with E-state index in [1.807, 2.05) is 6.08 Å². The number of rotatable bonds is 9. The summed E-state index contributed by atoms with van der Waals surface area (Å²) < 4.78 is 0. The third kappa shape index (κ3) is 8.97. The molecule has 0 aliphatic heterocycles. The van der Waals surface area contributed by atoms with Crippen LogP contribution in [0.25, 0.3) is 0 Å². The summed E-state index contributed by atoms with van der Waals surface area (Å²) in [5.41, 5.74) is 4.69. The lowest BCUT2D eigenvalue weighted by atomic mass is 10.0. The molecule has 0 heterocycles. The largest absolute Gasteiger partial charge is 0.103 e. The SMILES string of the molecule is C=CC/C=C(\C)CCCCC/C(C)=C(\C)CC. The fourth-order valence-electron chi connectivity index (χ4n) is 1.87. The van der Waals surface area contributed by atoms with Crippen molar-refractivity contribution in [1.82, 2.24) is 0 Å². The van der Waals surface area contributed by atoms with Gasteiger partial charge in [0.05, 0.1) is 0 Å². The Kier molecular flexibility index (Phi) is 9.90. The Morgan fingerprint density at radius 3 is 2.18 bits per heavy atom. The van der Waals surface area contributed by atoms with Gasteiger partial charge in [-0.25, -0.2) is 0 Å². The summed E-state index contributed by atoms with van der Waals surface area (Å²) >= 11 is 0. The zero-order valence-corrected chi connectivity index (χ0v) is 12.3. The van der Waals surface area contributed by atoms with Gasteiger partial charge in [0.2, 0.25) is 0 Å². The van der Waals surface area contributed by atoms with Crippen LogP contribution in [0.5, 0.6) is 0 Å². The molecule has 0 fully saturated rings.